The van der Waals surface area contributed by atoms with Crippen molar-refractivity contribution in [3.05, 3.63) is 47.7 Å². The molecule has 3 aromatic rings. The van der Waals surface area contributed by atoms with Crippen molar-refractivity contribution in [1.82, 2.24) is 14.8 Å². The van der Waals surface area contributed by atoms with Gasteiger partial charge < -0.3 is 5.32 Å². The Morgan fingerprint density at radius 3 is 2.65 bits per heavy atom. The number of thioether (sulfide) groups is 1. The number of aryl methyl sites for hydroxylation is 2. The first-order chi connectivity index (χ1) is 12.4. The van der Waals surface area contributed by atoms with Crippen LogP contribution in [0.2, 0.25) is 0 Å². The number of carbonyl (C=O) groups excluding carboxylic acids is 1. The van der Waals surface area contributed by atoms with Crippen LogP contribution in [0.15, 0.2) is 41.6 Å². The van der Waals surface area contributed by atoms with Gasteiger partial charge in [0.2, 0.25) is 5.91 Å². The molecule has 0 fully saturated rings. The molecule has 0 aliphatic heterocycles. The van der Waals surface area contributed by atoms with Crippen molar-refractivity contribution in [1.29, 1.82) is 0 Å². The predicted molar refractivity (Wildman–Crippen MR) is 108 cm³/mol. The summed E-state index contributed by atoms with van der Waals surface area (Å²) in [5.41, 5.74) is 3.32. The molecule has 0 radical (unpaired) electrons. The zero-order chi connectivity index (χ0) is 18.8. The van der Waals surface area contributed by atoms with Gasteiger partial charge >= 0.3 is 0 Å². The van der Waals surface area contributed by atoms with E-state index in [0.717, 1.165) is 27.3 Å². The summed E-state index contributed by atoms with van der Waals surface area (Å²) in [6, 6.07) is 10.3. The van der Waals surface area contributed by atoms with Gasteiger partial charge in [-0.15, -0.1) is 0 Å². The standard InChI is InChI=1S/C20H24N4OS/c1-12(2)24-17(9-10-21-24)22-20(25)15(5)26-18-11-14(4)16-8-6-7-13(3)19(16)23-18/h6-12,15H,1-5H3,(H,22,25)/t15-/m0/s1. The number of benzene rings is 1. The molecular formula is C20H24N4OS. The Morgan fingerprint density at radius 2 is 1.92 bits per heavy atom. The Labute approximate surface area is 158 Å². The van der Waals surface area contributed by atoms with Gasteiger partial charge in [0.1, 0.15) is 5.82 Å². The van der Waals surface area contributed by atoms with Crippen LogP contribution in [-0.2, 0) is 4.79 Å². The number of rotatable bonds is 5. The van der Waals surface area contributed by atoms with Crippen LogP contribution in [0.25, 0.3) is 10.9 Å². The Kier molecular flexibility index (Phi) is 5.32. The monoisotopic (exact) mass is 368 g/mol. The van der Waals surface area contributed by atoms with Crippen molar-refractivity contribution in [3.8, 4) is 0 Å². The molecule has 2 heterocycles. The number of fused-ring (bicyclic) bond motifs is 1. The van der Waals surface area contributed by atoms with Crippen LogP contribution in [0.3, 0.4) is 0 Å². The zero-order valence-corrected chi connectivity index (χ0v) is 16.6. The minimum absolute atomic E-state index is 0.0540. The summed E-state index contributed by atoms with van der Waals surface area (Å²) in [5.74, 6) is 0.665. The molecule has 0 saturated heterocycles. The third kappa shape index (κ3) is 3.75. The highest BCUT2D eigenvalue weighted by molar-refractivity contribution is 8.00. The number of aromatic nitrogens is 3. The van der Waals surface area contributed by atoms with Crippen LogP contribution in [-0.4, -0.2) is 25.9 Å². The summed E-state index contributed by atoms with van der Waals surface area (Å²) in [5, 5.41) is 8.98. The molecule has 0 unspecified atom stereocenters. The molecule has 26 heavy (non-hydrogen) atoms. The van der Waals surface area contributed by atoms with E-state index in [0.29, 0.717) is 0 Å². The molecular weight excluding hydrogens is 344 g/mol. The molecule has 3 rings (SSSR count). The van der Waals surface area contributed by atoms with Gasteiger partial charge in [-0.2, -0.15) is 5.10 Å². The number of nitrogens with one attached hydrogen (secondary N) is 1. The fourth-order valence-electron chi connectivity index (χ4n) is 2.88. The summed E-state index contributed by atoms with van der Waals surface area (Å²) in [7, 11) is 0. The summed E-state index contributed by atoms with van der Waals surface area (Å²) >= 11 is 1.47. The molecule has 2 aromatic heterocycles. The molecule has 0 spiro atoms. The SMILES string of the molecule is Cc1cc(S[C@@H](C)C(=O)Nc2ccnn2C(C)C)nc2c(C)cccc12. The van der Waals surface area contributed by atoms with Crippen molar-refractivity contribution >= 4 is 34.4 Å². The van der Waals surface area contributed by atoms with E-state index in [1.54, 1.807) is 10.9 Å². The van der Waals surface area contributed by atoms with Gasteiger partial charge in [-0.05, 0) is 51.8 Å². The largest absolute Gasteiger partial charge is 0.310 e. The minimum Gasteiger partial charge on any atom is -0.310 e. The average Bonchev–Trinajstić information content (AvgIpc) is 3.04. The number of hydrogen-bond acceptors (Lipinski definition) is 4. The number of pyridine rings is 1. The Balaban J connectivity index is 1.78. The maximum Gasteiger partial charge on any atom is 0.238 e. The van der Waals surface area contributed by atoms with Crippen LogP contribution in [0.1, 0.15) is 37.9 Å². The molecule has 0 saturated carbocycles. The van der Waals surface area contributed by atoms with E-state index in [1.807, 2.05) is 32.9 Å². The Hall–Kier alpha value is -2.34. The molecule has 1 atom stereocenters. The van der Waals surface area contributed by atoms with E-state index in [1.165, 1.54) is 17.3 Å². The summed E-state index contributed by atoms with van der Waals surface area (Å²) in [4.78, 5) is 17.4. The lowest BCUT2D eigenvalue weighted by atomic mass is 10.1. The van der Waals surface area contributed by atoms with Crippen LogP contribution in [0.4, 0.5) is 5.82 Å². The second kappa shape index (κ2) is 7.50. The van der Waals surface area contributed by atoms with Crippen LogP contribution in [0, 0.1) is 13.8 Å². The molecule has 1 N–H and O–H groups in total. The third-order valence-electron chi connectivity index (χ3n) is 4.30. The molecule has 6 heteroatoms. The van der Waals surface area contributed by atoms with Crippen LogP contribution >= 0.6 is 11.8 Å². The lowest BCUT2D eigenvalue weighted by Gasteiger charge is -2.15. The average molecular weight is 369 g/mol. The van der Waals surface area contributed by atoms with Crippen LogP contribution < -0.4 is 5.32 Å². The summed E-state index contributed by atoms with van der Waals surface area (Å²) in [6.45, 7) is 10.1. The Morgan fingerprint density at radius 1 is 1.15 bits per heavy atom. The van der Waals surface area contributed by atoms with Gasteiger partial charge in [0, 0.05) is 17.5 Å². The number of para-hydroxylation sites is 1. The zero-order valence-electron chi connectivity index (χ0n) is 15.8. The van der Waals surface area contributed by atoms with Gasteiger partial charge in [0.05, 0.1) is 22.0 Å². The lowest BCUT2D eigenvalue weighted by Crippen LogP contribution is -2.24. The highest BCUT2D eigenvalue weighted by Gasteiger charge is 2.18. The number of nitrogens with zero attached hydrogens (tertiary/aromatic N) is 3. The summed E-state index contributed by atoms with van der Waals surface area (Å²) < 4.78 is 1.80. The lowest BCUT2D eigenvalue weighted by molar-refractivity contribution is -0.115. The van der Waals surface area contributed by atoms with Crippen molar-refractivity contribution < 1.29 is 4.79 Å². The Bertz CT molecular complexity index is 948. The molecule has 0 bridgehead atoms. The second-order valence-corrected chi connectivity index (χ2v) is 8.11. The number of hydrogen-bond donors (Lipinski definition) is 1. The maximum atomic E-state index is 12.6. The molecule has 136 valence electrons. The van der Waals surface area contributed by atoms with E-state index < -0.39 is 0 Å². The quantitative estimate of drug-likeness (QED) is 0.660. The highest BCUT2D eigenvalue weighted by Crippen LogP contribution is 2.28. The van der Waals surface area contributed by atoms with E-state index in [9.17, 15) is 4.79 Å². The molecule has 0 aliphatic rings. The van der Waals surface area contributed by atoms with Crippen molar-refractivity contribution in [2.24, 2.45) is 0 Å². The van der Waals surface area contributed by atoms with Crippen molar-refractivity contribution in [2.45, 2.75) is 50.9 Å². The smallest absolute Gasteiger partial charge is 0.238 e. The fourth-order valence-corrected chi connectivity index (χ4v) is 3.80. The van der Waals surface area contributed by atoms with E-state index in [4.69, 9.17) is 4.98 Å². The van der Waals surface area contributed by atoms with Crippen molar-refractivity contribution in [2.75, 3.05) is 5.32 Å². The van der Waals surface area contributed by atoms with Crippen molar-refractivity contribution in [3.63, 3.8) is 0 Å². The van der Waals surface area contributed by atoms with Crippen LogP contribution in [0.5, 0.6) is 0 Å². The first-order valence-electron chi connectivity index (χ1n) is 8.75. The van der Waals surface area contributed by atoms with E-state index in [-0.39, 0.29) is 17.2 Å². The predicted octanol–water partition coefficient (Wildman–Crippen LogP) is 4.75. The number of anilines is 1. The third-order valence-corrected chi connectivity index (χ3v) is 5.32. The number of amides is 1. The first kappa shape index (κ1) is 18.5. The van der Waals surface area contributed by atoms with Gasteiger partial charge in [-0.3, -0.25) is 4.79 Å². The molecule has 0 aliphatic carbocycles. The molecule has 1 aromatic carbocycles. The van der Waals surface area contributed by atoms with Gasteiger partial charge in [-0.1, -0.05) is 30.0 Å². The summed E-state index contributed by atoms with van der Waals surface area (Å²) in [6.07, 6.45) is 1.70. The fraction of sp³-hybridized carbons (Fsp3) is 0.350. The molecule has 5 nitrogen and oxygen atoms in total. The first-order valence-corrected chi connectivity index (χ1v) is 9.62. The topological polar surface area (TPSA) is 59.8 Å². The van der Waals surface area contributed by atoms with Gasteiger partial charge in [0.15, 0.2) is 0 Å². The highest BCUT2D eigenvalue weighted by atomic mass is 32.2. The van der Waals surface area contributed by atoms with Gasteiger partial charge in [-0.25, -0.2) is 9.67 Å². The number of carbonyl (C=O) groups is 1. The second-order valence-electron chi connectivity index (χ2n) is 6.75. The van der Waals surface area contributed by atoms with Gasteiger partial charge in [0.25, 0.3) is 0 Å². The van der Waals surface area contributed by atoms with E-state index in [2.05, 4.69) is 42.5 Å². The molecule has 1 amide bonds. The normalized spacial score (nSPS) is 12.5. The van der Waals surface area contributed by atoms with E-state index >= 15 is 0 Å². The maximum absolute atomic E-state index is 12.6. The minimum atomic E-state index is -0.265.